The maximum Gasteiger partial charge on any atom is 0.162 e. The molecule has 2 aliphatic carbocycles. The topological polar surface area (TPSA) is 63.1 Å². The van der Waals surface area contributed by atoms with E-state index in [4.69, 9.17) is 0 Å². The van der Waals surface area contributed by atoms with Crippen LogP contribution in [-0.4, -0.2) is 20.9 Å². The van der Waals surface area contributed by atoms with Crippen LogP contribution in [-0.2, 0) is 30.3 Å². The minimum atomic E-state index is 0. The number of benzene rings is 3. The van der Waals surface area contributed by atoms with Gasteiger partial charge in [0, 0.05) is 38.0 Å². The number of ketones is 1. The molecule has 5 heteroatoms. The fourth-order valence-corrected chi connectivity index (χ4v) is 5.89. The van der Waals surface area contributed by atoms with Gasteiger partial charge in [-0.2, -0.15) is 0 Å². The molecular weight excluding hydrogens is 685 g/mol. The Bertz CT molecular complexity index is 1490. The molecule has 2 saturated carbocycles. The van der Waals surface area contributed by atoms with Crippen LogP contribution in [0.3, 0.4) is 0 Å². The van der Waals surface area contributed by atoms with Crippen molar-refractivity contribution >= 4 is 27.5 Å². The number of hydrogen-bond donors (Lipinski definition) is 1. The molecule has 0 spiro atoms. The summed E-state index contributed by atoms with van der Waals surface area (Å²) < 4.78 is 0. The molecule has 1 heterocycles. The van der Waals surface area contributed by atoms with E-state index in [0.29, 0.717) is 5.76 Å². The molecule has 0 amide bonds. The quantitative estimate of drug-likeness (QED) is 0.129. The molecule has 0 atom stereocenters. The monoisotopic (exact) mass is 728 g/mol. The number of hydrogen-bond acceptors (Lipinski definition) is 4. The summed E-state index contributed by atoms with van der Waals surface area (Å²) >= 11 is 0. The molecule has 1 N–H and O–H groups in total. The number of aromatic nitrogens is 2. The van der Waals surface area contributed by atoms with Crippen LogP contribution in [0.1, 0.15) is 85.1 Å². The van der Waals surface area contributed by atoms with Crippen LogP contribution in [0.25, 0.3) is 32.9 Å². The predicted molar refractivity (Wildman–Crippen MR) is 166 cm³/mol. The maximum atomic E-state index is 11.8. The summed E-state index contributed by atoms with van der Waals surface area (Å²) in [6.45, 7) is 6.67. The van der Waals surface area contributed by atoms with Crippen molar-refractivity contribution in [1.29, 1.82) is 0 Å². The van der Waals surface area contributed by atoms with Crippen LogP contribution in [0.2, 0.25) is 0 Å². The zero-order valence-corrected chi connectivity index (χ0v) is 26.1. The van der Waals surface area contributed by atoms with E-state index < -0.39 is 0 Å². The average molecular weight is 728 g/mol. The standard InChI is InChI=1S/C22H19N2.C13H20O2.CH4.Ir/c1-22(2,3)16-11-12-20-19(13-16)21(24-14-23-20)18-10-6-8-15-7-4-5-9-17(15)18;14-12(10-5-1-2-6-10)9-13(15)11-7-3-4-8-11;;/h4-9,11-14H,1-3H3;9-11,14H,1-8H2;1H4;/q-1;;;. The molecule has 2 aliphatic rings. The Morgan fingerprint density at radius 3 is 2.24 bits per heavy atom. The summed E-state index contributed by atoms with van der Waals surface area (Å²) in [4.78, 5) is 20.8. The molecule has 3 aromatic carbocycles. The first-order valence-electron chi connectivity index (χ1n) is 14.4. The fraction of sp³-hybridized carbons (Fsp3) is 0.417. The molecule has 1 aromatic heterocycles. The second kappa shape index (κ2) is 14.3. The molecule has 41 heavy (non-hydrogen) atoms. The third-order valence-corrected chi connectivity index (χ3v) is 8.28. The molecule has 6 rings (SSSR count). The van der Waals surface area contributed by atoms with Gasteiger partial charge < -0.3 is 5.11 Å². The van der Waals surface area contributed by atoms with Crippen LogP contribution in [0.5, 0.6) is 0 Å². The van der Waals surface area contributed by atoms with E-state index in [9.17, 15) is 9.90 Å². The van der Waals surface area contributed by atoms with Crippen LogP contribution in [0, 0.1) is 17.9 Å². The minimum Gasteiger partial charge on any atom is -0.512 e. The second-order valence-electron chi connectivity index (χ2n) is 12.1. The molecule has 0 bridgehead atoms. The number of rotatable bonds is 4. The maximum absolute atomic E-state index is 11.8. The zero-order valence-electron chi connectivity index (χ0n) is 23.7. The summed E-state index contributed by atoms with van der Waals surface area (Å²) in [5.41, 5.74) is 4.32. The Hall–Kier alpha value is -2.88. The summed E-state index contributed by atoms with van der Waals surface area (Å²) in [6, 6.07) is 22.3. The molecule has 219 valence electrons. The van der Waals surface area contributed by atoms with Gasteiger partial charge in [-0.15, -0.1) is 29.1 Å². The van der Waals surface area contributed by atoms with Crippen molar-refractivity contribution in [3.05, 3.63) is 84.4 Å². The van der Waals surface area contributed by atoms with E-state index in [1.807, 2.05) is 6.07 Å². The van der Waals surface area contributed by atoms with Crippen molar-refractivity contribution in [1.82, 2.24) is 9.97 Å². The molecule has 0 saturated heterocycles. The van der Waals surface area contributed by atoms with Crippen molar-refractivity contribution in [2.24, 2.45) is 11.8 Å². The molecular formula is C36H43IrN2O2-. The predicted octanol–water partition coefficient (Wildman–Crippen LogP) is 9.56. The molecule has 4 nitrogen and oxygen atoms in total. The second-order valence-corrected chi connectivity index (χ2v) is 12.1. The van der Waals surface area contributed by atoms with Gasteiger partial charge in [0.2, 0.25) is 0 Å². The smallest absolute Gasteiger partial charge is 0.162 e. The molecule has 2 fully saturated rings. The number of allylic oxidation sites excluding steroid dienone is 2. The Morgan fingerprint density at radius 1 is 0.902 bits per heavy atom. The SMILES string of the molecule is C.CC(C)(C)c1ccc2ncnc(-c3[c-]ccc4ccccc34)c2c1.O=C(C=C(O)C1CCCC1)C1CCCC1.[Ir]. The Morgan fingerprint density at radius 2 is 1.56 bits per heavy atom. The van der Waals surface area contributed by atoms with Crippen LogP contribution in [0.15, 0.2) is 72.8 Å². The van der Waals surface area contributed by atoms with Gasteiger partial charge in [0.1, 0.15) is 6.33 Å². The van der Waals surface area contributed by atoms with E-state index in [-0.39, 0.29) is 50.6 Å². The van der Waals surface area contributed by atoms with Gasteiger partial charge >= 0.3 is 0 Å². The summed E-state index contributed by atoms with van der Waals surface area (Å²) in [5, 5.41) is 13.3. The van der Waals surface area contributed by atoms with Gasteiger partial charge in [-0.25, -0.2) is 4.98 Å². The molecule has 0 aliphatic heterocycles. The third kappa shape index (κ3) is 7.70. The van der Waals surface area contributed by atoms with Gasteiger partial charge in [0.25, 0.3) is 0 Å². The summed E-state index contributed by atoms with van der Waals surface area (Å²) in [6.07, 6.45) is 12.1. The minimum absolute atomic E-state index is 0. The number of carbonyl (C=O) groups excluding carboxylic acids is 1. The molecule has 1 radical (unpaired) electrons. The molecule has 0 unspecified atom stereocenters. The molecule has 4 aromatic rings. The Balaban J connectivity index is 0.000000237. The zero-order chi connectivity index (χ0) is 27.4. The van der Waals surface area contributed by atoms with Crippen molar-refractivity contribution in [3.63, 3.8) is 0 Å². The third-order valence-electron chi connectivity index (χ3n) is 8.28. The number of aliphatic hydroxyl groups is 1. The van der Waals surface area contributed by atoms with Crippen molar-refractivity contribution in [2.45, 2.75) is 85.0 Å². The van der Waals surface area contributed by atoms with Crippen LogP contribution >= 0.6 is 0 Å². The van der Waals surface area contributed by atoms with Crippen molar-refractivity contribution in [3.8, 4) is 11.3 Å². The normalized spacial score (nSPS) is 16.1. The summed E-state index contributed by atoms with van der Waals surface area (Å²) in [5.74, 6) is 0.991. The van der Waals surface area contributed by atoms with E-state index >= 15 is 0 Å². The van der Waals surface area contributed by atoms with Crippen LogP contribution in [0.4, 0.5) is 0 Å². The first kappa shape index (κ1) is 32.6. The fourth-order valence-electron chi connectivity index (χ4n) is 5.89. The van der Waals surface area contributed by atoms with Crippen molar-refractivity contribution in [2.75, 3.05) is 0 Å². The Labute approximate surface area is 259 Å². The van der Waals surface area contributed by atoms with Gasteiger partial charge in [-0.3, -0.25) is 9.78 Å². The number of carbonyl (C=O) groups is 1. The number of nitrogens with zero attached hydrogens (tertiary/aromatic N) is 2. The van der Waals surface area contributed by atoms with Gasteiger partial charge in [0.05, 0.1) is 11.3 Å². The number of aliphatic hydroxyl groups excluding tert-OH is 1. The van der Waals surface area contributed by atoms with E-state index in [1.54, 1.807) is 6.33 Å². The van der Waals surface area contributed by atoms with E-state index in [2.05, 4.69) is 85.3 Å². The first-order valence-corrected chi connectivity index (χ1v) is 14.4. The van der Waals surface area contributed by atoms with Gasteiger partial charge in [-0.05, 0) is 53.8 Å². The first-order chi connectivity index (χ1) is 18.8. The number of fused-ring (bicyclic) bond motifs is 2. The summed E-state index contributed by atoms with van der Waals surface area (Å²) in [7, 11) is 0. The Kier molecular flexibility index (Phi) is 11.4. The van der Waals surface area contributed by atoms with Crippen molar-refractivity contribution < 1.29 is 30.0 Å². The van der Waals surface area contributed by atoms with Gasteiger partial charge in [0.15, 0.2) is 5.78 Å². The van der Waals surface area contributed by atoms with E-state index in [1.165, 1.54) is 48.1 Å². The average Bonchev–Trinajstić information content (AvgIpc) is 3.67. The van der Waals surface area contributed by atoms with E-state index in [0.717, 1.165) is 47.8 Å². The van der Waals surface area contributed by atoms with Gasteiger partial charge in [-0.1, -0.05) is 95.7 Å². The largest absolute Gasteiger partial charge is 0.512 e. The van der Waals surface area contributed by atoms with Crippen LogP contribution < -0.4 is 0 Å².